The fourth-order valence-corrected chi connectivity index (χ4v) is 2.37. The first kappa shape index (κ1) is 19.4. The lowest BCUT2D eigenvalue weighted by molar-refractivity contribution is -0.117. The van der Waals surface area contributed by atoms with Crippen molar-refractivity contribution in [2.24, 2.45) is 0 Å². The van der Waals surface area contributed by atoms with Crippen molar-refractivity contribution in [2.45, 2.75) is 32.2 Å². The molecule has 5 heteroatoms. The Hall–Kier alpha value is -2.61. The second kappa shape index (κ2) is 8.88. The number of rotatable bonds is 8. The van der Waals surface area contributed by atoms with Gasteiger partial charge in [-0.2, -0.15) is 0 Å². The van der Waals surface area contributed by atoms with Crippen molar-refractivity contribution in [1.29, 1.82) is 0 Å². The van der Waals surface area contributed by atoms with E-state index in [1.807, 2.05) is 13.8 Å². The third-order valence-corrected chi connectivity index (χ3v) is 3.99. The summed E-state index contributed by atoms with van der Waals surface area (Å²) in [4.78, 5) is 12.2. The number of terminal acetylenes is 1. The van der Waals surface area contributed by atoms with Gasteiger partial charge in [-0.1, -0.05) is 19.8 Å². The highest BCUT2D eigenvalue weighted by atomic mass is 16.5. The summed E-state index contributed by atoms with van der Waals surface area (Å²) < 4.78 is 16.0. The number of carbonyl (C=O) groups is 1. The van der Waals surface area contributed by atoms with Crippen LogP contribution in [0.15, 0.2) is 18.2 Å². The van der Waals surface area contributed by atoms with Crippen molar-refractivity contribution in [3.8, 4) is 29.6 Å². The molecule has 0 heterocycles. The van der Waals surface area contributed by atoms with Gasteiger partial charge in [0.2, 0.25) is 11.7 Å². The lowest BCUT2D eigenvalue weighted by atomic mass is 9.94. The Labute approximate surface area is 144 Å². The summed E-state index contributed by atoms with van der Waals surface area (Å²) in [5, 5.41) is 2.88. The molecular formula is C19H25NO4. The van der Waals surface area contributed by atoms with Crippen molar-refractivity contribution in [2.75, 3.05) is 21.3 Å². The van der Waals surface area contributed by atoms with Gasteiger partial charge in [0.05, 0.1) is 21.3 Å². The van der Waals surface area contributed by atoms with Crippen LogP contribution in [0.5, 0.6) is 17.2 Å². The van der Waals surface area contributed by atoms with Gasteiger partial charge in [-0.15, -0.1) is 6.42 Å². The Kier molecular flexibility index (Phi) is 7.19. The minimum atomic E-state index is -0.622. The van der Waals surface area contributed by atoms with Gasteiger partial charge in [0.1, 0.15) is 5.54 Å². The van der Waals surface area contributed by atoms with Gasteiger partial charge in [0.15, 0.2) is 11.5 Å². The largest absolute Gasteiger partial charge is 0.493 e. The molecule has 0 saturated heterocycles. The van der Waals surface area contributed by atoms with Crippen LogP contribution in [0.25, 0.3) is 6.08 Å². The highest BCUT2D eigenvalue weighted by molar-refractivity contribution is 5.93. The minimum absolute atomic E-state index is 0.256. The van der Waals surface area contributed by atoms with Crippen molar-refractivity contribution in [3.63, 3.8) is 0 Å². The van der Waals surface area contributed by atoms with Crippen LogP contribution in [0, 0.1) is 12.3 Å². The Morgan fingerprint density at radius 2 is 1.79 bits per heavy atom. The van der Waals surface area contributed by atoms with Crippen LogP contribution in [0.2, 0.25) is 0 Å². The van der Waals surface area contributed by atoms with Crippen LogP contribution in [0.1, 0.15) is 32.3 Å². The molecule has 0 aliphatic carbocycles. The summed E-state index contributed by atoms with van der Waals surface area (Å²) in [6, 6.07) is 3.54. The maximum absolute atomic E-state index is 12.2. The number of carbonyl (C=O) groups excluding carboxylic acids is 1. The van der Waals surface area contributed by atoms with Crippen molar-refractivity contribution in [1.82, 2.24) is 5.32 Å². The molecule has 0 aliphatic heterocycles. The van der Waals surface area contributed by atoms with Gasteiger partial charge in [-0.25, -0.2) is 0 Å². The molecule has 0 aromatic heterocycles. The molecule has 0 aliphatic rings. The summed E-state index contributed by atoms with van der Waals surface area (Å²) in [6.07, 6.45) is 9.98. The number of benzene rings is 1. The Bertz CT molecular complexity index is 640. The zero-order chi connectivity index (χ0) is 18.2. The SMILES string of the molecule is C#CC(CC)(CC)NC(=O)/C=C/c1ccc(OC)c(OC)c1OC. The number of methoxy groups -OCH3 is 3. The molecule has 1 rings (SSSR count). The molecule has 0 radical (unpaired) electrons. The van der Waals surface area contributed by atoms with Gasteiger partial charge in [0.25, 0.3) is 0 Å². The van der Waals surface area contributed by atoms with E-state index in [-0.39, 0.29) is 5.91 Å². The van der Waals surface area contributed by atoms with Crippen LogP contribution in [-0.4, -0.2) is 32.8 Å². The first-order valence-electron chi connectivity index (χ1n) is 7.77. The zero-order valence-electron chi connectivity index (χ0n) is 14.9. The van der Waals surface area contributed by atoms with Gasteiger partial charge < -0.3 is 19.5 Å². The van der Waals surface area contributed by atoms with Crippen molar-refractivity contribution in [3.05, 3.63) is 23.8 Å². The van der Waals surface area contributed by atoms with Crippen LogP contribution in [0.4, 0.5) is 0 Å². The van der Waals surface area contributed by atoms with E-state index in [9.17, 15) is 4.79 Å². The number of hydrogen-bond donors (Lipinski definition) is 1. The third-order valence-electron chi connectivity index (χ3n) is 3.99. The topological polar surface area (TPSA) is 56.8 Å². The van der Waals surface area contributed by atoms with E-state index >= 15 is 0 Å². The highest BCUT2D eigenvalue weighted by Crippen LogP contribution is 2.40. The highest BCUT2D eigenvalue weighted by Gasteiger charge is 2.24. The molecule has 0 spiro atoms. The van der Waals surface area contributed by atoms with E-state index < -0.39 is 5.54 Å². The Balaban J connectivity index is 3.07. The average Bonchev–Trinajstić information content (AvgIpc) is 2.63. The van der Waals surface area contributed by atoms with Crippen LogP contribution in [-0.2, 0) is 4.79 Å². The second-order valence-electron chi connectivity index (χ2n) is 5.18. The predicted molar refractivity (Wildman–Crippen MR) is 95.4 cm³/mol. The normalized spacial score (nSPS) is 11.0. The van der Waals surface area contributed by atoms with Gasteiger partial charge in [-0.05, 0) is 31.1 Å². The van der Waals surface area contributed by atoms with E-state index in [0.29, 0.717) is 35.7 Å². The molecule has 0 saturated carbocycles. The van der Waals surface area contributed by atoms with Crippen LogP contribution < -0.4 is 19.5 Å². The molecule has 5 nitrogen and oxygen atoms in total. The summed E-state index contributed by atoms with van der Waals surface area (Å²) in [5.41, 5.74) is 0.0768. The molecule has 0 fully saturated rings. The lowest BCUT2D eigenvalue weighted by Gasteiger charge is -2.26. The molecule has 1 aromatic carbocycles. The van der Waals surface area contributed by atoms with Gasteiger partial charge in [-0.3, -0.25) is 4.79 Å². The smallest absolute Gasteiger partial charge is 0.245 e. The summed E-state index contributed by atoms with van der Waals surface area (Å²) in [7, 11) is 4.62. The minimum Gasteiger partial charge on any atom is -0.493 e. The van der Waals surface area contributed by atoms with E-state index in [0.717, 1.165) is 0 Å². The van der Waals surface area contributed by atoms with Crippen LogP contribution >= 0.6 is 0 Å². The number of amides is 1. The number of ether oxygens (including phenoxy) is 3. The monoisotopic (exact) mass is 331 g/mol. The van der Waals surface area contributed by atoms with Crippen molar-refractivity contribution >= 4 is 12.0 Å². The molecule has 0 atom stereocenters. The molecule has 130 valence electrons. The molecule has 0 unspecified atom stereocenters. The lowest BCUT2D eigenvalue weighted by Crippen LogP contribution is -2.45. The van der Waals surface area contributed by atoms with E-state index in [1.54, 1.807) is 25.3 Å². The zero-order valence-corrected chi connectivity index (χ0v) is 14.9. The molecule has 0 bridgehead atoms. The first-order chi connectivity index (χ1) is 11.5. The number of hydrogen-bond acceptors (Lipinski definition) is 4. The summed E-state index contributed by atoms with van der Waals surface area (Å²) >= 11 is 0. The third kappa shape index (κ3) is 4.23. The Morgan fingerprint density at radius 1 is 1.17 bits per heavy atom. The fraction of sp³-hybridized carbons (Fsp3) is 0.421. The second-order valence-corrected chi connectivity index (χ2v) is 5.18. The average molecular weight is 331 g/mol. The summed E-state index contributed by atoms with van der Waals surface area (Å²) in [5.74, 6) is 3.94. The fourth-order valence-electron chi connectivity index (χ4n) is 2.37. The Morgan fingerprint density at radius 3 is 2.25 bits per heavy atom. The maximum atomic E-state index is 12.2. The van der Waals surface area contributed by atoms with E-state index in [2.05, 4.69) is 11.2 Å². The predicted octanol–water partition coefficient (Wildman–Crippen LogP) is 3.03. The molecule has 1 amide bonds. The molecule has 1 aromatic rings. The van der Waals surface area contributed by atoms with E-state index in [1.165, 1.54) is 20.3 Å². The van der Waals surface area contributed by atoms with E-state index in [4.69, 9.17) is 20.6 Å². The first-order valence-corrected chi connectivity index (χ1v) is 7.77. The number of nitrogens with one attached hydrogen (secondary N) is 1. The van der Waals surface area contributed by atoms with Crippen molar-refractivity contribution < 1.29 is 19.0 Å². The van der Waals surface area contributed by atoms with Crippen LogP contribution in [0.3, 0.4) is 0 Å². The quantitative estimate of drug-likeness (QED) is 0.588. The maximum Gasteiger partial charge on any atom is 0.245 e. The standard InChI is InChI=1S/C19H25NO4/c1-7-19(8-2,9-3)20-16(21)13-11-14-10-12-15(22-4)18(24-6)17(14)23-5/h1,10-13H,8-9H2,2-6H3,(H,20,21)/b13-11+. The van der Waals surface area contributed by atoms with Gasteiger partial charge in [0, 0.05) is 11.6 Å². The summed E-state index contributed by atoms with van der Waals surface area (Å²) in [6.45, 7) is 3.90. The molecule has 1 N–H and O–H groups in total. The van der Waals surface area contributed by atoms with Gasteiger partial charge >= 0.3 is 0 Å². The molecular weight excluding hydrogens is 306 g/mol. The molecule has 24 heavy (non-hydrogen) atoms.